The second-order valence-electron chi connectivity index (χ2n) is 7.60. The number of carbonyl (C=O) groups is 1. The number of carbonyl (C=O) groups excluding carboxylic acids is 1. The number of ether oxygens (including phenoxy) is 1. The normalized spacial score (nSPS) is 22.5. The van der Waals surface area contributed by atoms with Gasteiger partial charge in [0.25, 0.3) is 0 Å². The summed E-state index contributed by atoms with van der Waals surface area (Å²) in [5.74, 6) is 2.86. The highest BCUT2D eigenvalue weighted by Crippen LogP contribution is 2.42. The van der Waals surface area contributed by atoms with Crippen LogP contribution in [-0.2, 0) is 6.42 Å². The number of nitrogens with two attached hydrogens (primary N) is 1. The Bertz CT molecular complexity index is 882. The van der Waals surface area contributed by atoms with Crippen molar-refractivity contribution in [2.24, 2.45) is 23.5 Å². The molecule has 1 heterocycles. The maximum atomic E-state index is 11.1. The van der Waals surface area contributed by atoms with Crippen LogP contribution in [-0.4, -0.2) is 24.0 Å². The van der Waals surface area contributed by atoms with Crippen molar-refractivity contribution in [1.82, 2.24) is 10.3 Å². The minimum absolute atomic E-state index is 0.342. The summed E-state index contributed by atoms with van der Waals surface area (Å²) in [4.78, 5) is 15.2. The zero-order valence-corrected chi connectivity index (χ0v) is 16.4. The molecule has 0 aliphatic heterocycles. The number of aromatic nitrogens is 1. The molecule has 3 unspecified atom stereocenters. The Labute approximate surface area is 169 Å². The molecule has 2 aromatic rings. The quantitative estimate of drug-likeness (QED) is 0.522. The van der Waals surface area contributed by atoms with Crippen LogP contribution in [0.5, 0.6) is 11.6 Å². The van der Waals surface area contributed by atoms with Crippen molar-refractivity contribution in [3.05, 3.63) is 64.8 Å². The van der Waals surface area contributed by atoms with Crippen molar-refractivity contribution in [3.63, 3.8) is 0 Å². The molecule has 6 heteroatoms. The zero-order chi connectivity index (χ0) is 19.5. The molecule has 4 rings (SSSR count). The maximum absolute atomic E-state index is 11.1. The predicted octanol–water partition coefficient (Wildman–Crippen LogP) is 3.97. The van der Waals surface area contributed by atoms with Gasteiger partial charge in [-0.25, -0.2) is 4.98 Å². The van der Waals surface area contributed by atoms with E-state index in [4.69, 9.17) is 22.1 Å². The molecular formula is C22H24ClN3O2. The third kappa shape index (κ3) is 4.37. The Morgan fingerprint density at radius 3 is 2.79 bits per heavy atom. The van der Waals surface area contributed by atoms with Gasteiger partial charge >= 0.3 is 0 Å². The summed E-state index contributed by atoms with van der Waals surface area (Å²) < 4.78 is 5.70. The van der Waals surface area contributed by atoms with Gasteiger partial charge in [-0.05, 0) is 73.9 Å². The van der Waals surface area contributed by atoms with Gasteiger partial charge in [0.1, 0.15) is 5.75 Å². The fraction of sp³-hybridized carbons (Fsp3) is 0.364. The maximum Gasteiger partial charge on any atom is 0.250 e. The van der Waals surface area contributed by atoms with Gasteiger partial charge in [0.05, 0.1) is 5.56 Å². The highest BCUT2D eigenvalue weighted by Gasteiger charge is 2.34. The number of hydrogen-bond donors (Lipinski definition) is 2. The van der Waals surface area contributed by atoms with E-state index in [1.165, 1.54) is 19.0 Å². The molecule has 1 amide bonds. The first kappa shape index (κ1) is 19.0. The van der Waals surface area contributed by atoms with Crippen molar-refractivity contribution >= 4 is 17.5 Å². The average molecular weight is 398 g/mol. The van der Waals surface area contributed by atoms with Gasteiger partial charge < -0.3 is 15.8 Å². The Hall–Kier alpha value is -2.37. The van der Waals surface area contributed by atoms with Crippen LogP contribution >= 0.6 is 11.6 Å². The highest BCUT2D eigenvalue weighted by molar-refractivity contribution is 6.31. The second-order valence-corrected chi connectivity index (χ2v) is 8.01. The number of primary amides is 1. The van der Waals surface area contributed by atoms with Crippen molar-refractivity contribution in [3.8, 4) is 11.6 Å². The number of nitrogens with one attached hydrogen (secondary N) is 1. The molecule has 0 radical (unpaired) electrons. The summed E-state index contributed by atoms with van der Waals surface area (Å²) >= 11 is 6.42. The Morgan fingerprint density at radius 1 is 1.25 bits per heavy atom. The molecule has 0 saturated heterocycles. The van der Waals surface area contributed by atoms with E-state index in [1.54, 1.807) is 18.2 Å². The zero-order valence-electron chi connectivity index (χ0n) is 15.6. The van der Waals surface area contributed by atoms with Crippen molar-refractivity contribution in [1.29, 1.82) is 0 Å². The SMILES string of the molecule is NC(=O)c1ccc(Oc2ccc(CCNCC3CC4C=CC3C4)c(Cl)c2)nc1. The van der Waals surface area contributed by atoms with E-state index in [0.717, 1.165) is 42.8 Å². The van der Waals surface area contributed by atoms with Crippen molar-refractivity contribution in [2.45, 2.75) is 19.3 Å². The number of allylic oxidation sites excluding steroid dienone is 2. The van der Waals surface area contributed by atoms with Crippen LogP contribution in [0.2, 0.25) is 5.02 Å². The minimum Gasteiger partial charge on any atom is -0.439 e. The number of amides is 1. The van der Waals surface area contributed by atoms with E-state index in [1.807, 2.05) is 12.1 Å². The van der Waals surface area contributed by atoms with Crippen LogP contribution in [0, 0.1) is 17.8 Å². The summed E-state index contributed by atoms with van der Waals surface area (Å²) in [6, 6.07) is 8.85. The fourth-order valence-corrected chi connectivity index (χ4v) is 4.41. The lowest BCUT2D eigenvalue weighted by molar-refractivity contribution is 0.1000. The molecule has 1 saturated carbocycles. The Kier molecular flexibility index (Phi) is 5.64. The Balaban J connectivity index is 1.26. The van der Waals surface area contributed by atoms with Crippen LogP contribution in [0.4, 0.5) is 0 Å². The molecular weight excluding hydrogens is 374 g/mol. The summed E-state index contributed by atoms with van der Waals surface area (Å²) in [6.07, 6.45) is 9.72. The number of nitrogens with zero attached hydrogens (tertiary/aromatic N) is 1. The summed E-state index contributed by atoms with van der Waals surface area (Å²) in [7, 11) is 0. The third-order valence-electron chi connectivity index (χ3n) is 5.66. The lowest BCUT2D eigenvalue weighted by atomic mass is 9.93. The fourth-order valence-electron chi connectivity index (χ4n) is 4.14. The van der Waals surface area contributed by atoms with Gasteiger partial charge in [-0.3, -0.25) is 4.79 Å². The van der Waals surface area contributed by atoms with Gasteiger partial charge in [0.2, 0.25) is 11.8 Å². The summed E-state index contributed by atoms with van der Waals surface area (Å²) in [6.45, 7) is 1.99. The van der Waals surface area contributed by atoms with Crippen molar-refractivity contribution in [2.75, 3.05) is 13.1 Å². The van der Waals surface area contributed by atoms with Gasteiger partial charge in [-0.15, -0.1) is 0 Å². The number of pyridine rings is 1. The number of halogens is 1. The number of rotatable bonds is 8. The standard InChI is InChI=1S/C22H24ClN3O2/c23-20-11-19(28-21-6-4-17(13-26-21)22(24)27)5-3-15(20)7-8-25-12-18-10-14-1-2-16(18)9-14/h1-6,11,13-14,16,18,25H,7-10,12H2,(H2,24,27). The molecule has 2 aliphatic carbocycles. The number of hydrogen-bond acceptors (Lipinski definition) is 4. The second kappa shape index (κ2) is 8.33. The van der Waals surface area contributed by atoms with E-state index >= 15 is 0 Å². The van der Waals surface area contributed by atoms with E-state index in [0.29, 0.717) is 22.2 Å². The topological polar surface area (TPSA) is 77.2 Å². The molecule has 0 spiro atoms. The molecule has 146 valence electrons. The molecule has 2 aliphatic rings. The third-order valence-corrected chi connectivity index (χ3v) is 6.01. The van der Waals surface area contributed by atoms with Gasteiger partial charge in [0, 0.05) is 17.3 Å². The predicted molar refractivity (Wildman–Crippen MR) is 110 cm³/mol. The minimum atomic E-state index is -0.517. The van der Waals surface area contributed by atoms with Gasteiger partial charge in [0.15, 0.2) is 0 Å². The Morgan fingerprint density at radius 2 is 2.14 bits per heavy atom. The first-order valence-electron chi connectivity index (χ1n) is 9.69. The highest BCUT2D eigenvalue weighted by atomic mass is 35.5. The summed E-state index contributed by atoms with van der Waals surface area (Å²) in [5.41, 5.74) is 6.64. The summed E-state index contributed by atoms with van der Waals surface area (Å²) in [5, 5.41) is 4.26. The monoisotopic (exact) mass is 397 g/mol. The van der Waals surface area contributed by atoms with Gasteiger partial charge in [-0.2, -0.15) is 0 Å². The van der Waals surface area contributed by atoms with E-state index in [-0.39, 0.29) is 0 Å². The largest absolute Gasteiger partial charge is 0.439 e. The number of fused-ring (bicyclic) bond motifs is 2. The molecule has 1 aromatic carbocycles. The molecule has 5 nitrogen and oxygen atoms in total. The van der Waals surface area contributed by atoms with Crippen LogP contribution in [0.3, 0.4) is 0 Å². The smallest absolute Gasteiger partial charge is 0.250 e. The first-order chi connectivity index (χ1) is 13.6. The molecule has 2 bridgehead atoms. The average Bonchev–Trinajstić information content (AvgIpc) is 3.30. The van der Waals surface area contributed by atoms with Crippen LogP contribution in [0.1, 0.15) is 28.8 Å². The molecule has 1 aromatic heterocycles. The van der Waals surface area contributed by atoms with Crippen LogP contribution in [0.15, 0.2) is 48.7 Å². The molecule has 28 heavy (non-hydrogen) atoms. The van der Waals surface area contributed by atoms with E-state index in [2.05, 4.69) is 22.5 Å². The first-order valence-corrected chi connectivity index (χ1v) is 10.1. The molecule has 3 atom stereocenters. The number of benzene rings is 1. The molecule has 1 fully saturated rings. The molecule has 3 N–H and O–H groups in total. The van der Waals surface area contributed by atoms with E-state index in [9.17, 15) is 4.79 Å². The van der Waals surface area contributed by atoms with Crippen LogP contribution in [0.25, 0.3) is 0 Å². The lowest BCUT2D eigenvalue weighted by Gasteiger charge is -2.18. The van der Waals surface area contributed by atoms with Crippen molar-refractivity contribution < 1.29 is 9.53 Å². The van der Waals surface area contributed by atoms with E-state index < -0.39 is 5.91 Å². The van der Waals surface area contributed by atoms with Crippen LogP contribution < -0.4 is 15.8 Å². The van der Waals surface area contributed by atoms with Gasteiger partial charge in [-0.1, -0.05) is 29.8 Å². The lowest BCUT2D eigenvalue weighted by Crippen LogP contribution is -2.27.